The molecule has 0 aliphatic heterocycles. The number of aliphatic imine (C=N–C) groups is 2. The predicted octanol–water partition coefficient (Wildman–Crippen LogP) is -0.735. The number of hydrogen-bond acceptors (Lipinski definition) is 8. The van der Waals surface area contributed by atoms with Crippen LogP contribution in [0.15, 0.2) is 33.1 Å². The van der Waals surface area contributed by atoms with Crippen LogP contribution in [0.25, 0.3) is 0 Å². The van der Waals surface area contributed by atoms with Crippen molar-refractivity contribution in [1.82, 2.24) is 9.97 Å². The molecule has 10 N–H and O–H groups in total. The maximum absolute atomic E-state index is 8.74. The summed E-state index contributed by atoms with van der Waals surface area (Å²) < 4.78 is 31.6. The van der Waals surface area contributed by atoms with Gasteiger partial charge in [-0.1, -0.05) is 0 Å². The molecule has 152 valence electrons. The lowest BCUT2D eigenvalue weighted by Crippen LogP contribution is -2.23. The topological polar surface area (TPSA) is 229 Å². The van der Waals surface area contributed by atoms with Gasteiger partial charge in [0.25, 0.3) is 0 Å². The number of nitrogens with zero attached hydrogens (tertiary/aromatic N) is 4. The van der Waals surface area contributed by atoms with Gasteiger partial charge in [-0.25, -0.2) is 9.97 Å². The molecule has 27 heavy (non-hydrogen) atoms. The molecule has 0 radical (unpaired) electrons. The molecule has 2 rings (SSSR count). The van der Waals surface area contributed by atoms with Crippen LogP contribution in [0, 0.1) is 0 Å². The molecule has 0 unspecified atom stereocenters. The molecule has 2 aromatic heterocycles. The molecule has 0 aliphatic carbocycles. The third kappa shape index (κ3) is 19.8. The van der Waals surface area contributed by atoms with Gasteiger partial charge >= 0.3 is 10.4 Å². The van der Waals surface area contributed by atoms with E-state index in [1.54, 1.807) is 35.1 Å². The molecular weight excluding hydrogens is 416 g/mol. The Hall–Kier alpha value is -2.33. The lowest BCUT2D eigenvalue weighted by molar-refractivity contribution is 0.381. The highest BCUT2D eigenvalue weighted by molar-refractivity contribution is 7.79. The second kappa shape index (κ2) is 13.8. The highest BCUT2D eigenvalue weighted by Crippen LogP contribution is 2.04. The van der Waals surface area contributed by atoms with Crippen LogP contribution in [0.2, 0.25) is 0 Å². The summed E-state index contributed by atoms with van der Waals surface area (Å²) in [7, 11) is -4.67. The van der Waals surface area contributed by atoms with Crippen molar-refractivity contribution in [3.8, 4) is 0 Å². The minimum Gasteiger partial charge on any atom is -0.370 e. The molecule has 2 aromatic rings. The van der Waals surface area contributed by atoms with Gasteiger partial charge in [-0.15, -0.1) is 22.7 Å². The Morgan fingerprint density at radius 3 is 1.44 bits per heavy atom. The summed E-state index contributed by atoms with van der Waals surface area (Å²) in [6.45, 7) is 1.24. The Morgan fingerprint density at radius 2 is 1.22 bits per heavy atom. The van der Waals surface area contributed by atoms with Crippen molar-refractivity contribution in [2.75, 3.05) is 13.1 Å². The number of guanidine groups is 2. The van der Waals surface area contributed by atoms with Crippen LogP contribution in [0.3, 0.4) is 0 Å². The van der Waals surface area contributed by atoms with E-state index in [1.165, 1.54) is 0 Å². The van der Waals surface area contributed by atoms with Crippen molar-refractivity contribution in [1.29, 1.82) is 0 Å². The third-order valence-corrected chi connectivity index (χ3v) is 3.89. The fourth-order valence-electron chi connectivity index (χ4n) is 1.31. The number of thiazole rings is 2. The van der Waals surface area contributed by atoms with Gasteiger partial charge in [-0.05, 0) is 0 Å². The number of nitrogens with two attached hydrogens (primary N) is 4. The summed E-state index contributed by atoms with van der Waals surface area (Å²) in [5.74, 6) is 0.281. The van der Waals surface area contributed by atoms with Crippen molar-refractivity contribution in [2.45, 2.75) is 12.8 Å². The van der Waals surface area contributed by atoms with E-state index in [2.05, 4.69) is 20.0 Å². The van der Waals surface area contributed by atoms with Crippen molar-refractivity contribution in [2.24, 2.45) is 32.9 Å². The highest BCUT2D eigenvalue weighted by atomic mass is 32.3. The molecule has 0 spiro atoms. The molecule has 12 nitrogen and oxygen atoms in total. The number of rotatable bonds is 6. The van der Waals surface area contributed by atoms with E-state index in [-0.39, 0.29) is 11.9 Å². The van der Waals surface area contributed by atoms with Crippen LogP contribution in [0.1, 0.15) is 10.0 Å². The predicted molar refractivity (Wildman–Crippen MR) is 107 cm³/mol. The molecule has 0 atom stereocenters. The summed E-state index contributed by atoms with van der Waals surface area (Å²) in [5, 5.41) is 6.00. The van der Waals surface area contributed by atoms with Gasteiger partial charge in [0.2, 0.25) is 0 Å². The summed E-state index contributed by atoms with van der Waals surface area (Å²) in [4.78, 5) is 15.8. The van der Waals surface area contributed by atoms with Crippen LogP contribution in [0.5, 0.6) is 0 Å². The van der Waals surface area contributed by atoms with E-state index < -0.39 is 10.4 Å². The molecule has 0 saturated carbocycles. The molecule has 0 fully saturated rings. The maximum Gasteiger partial charge on any atom is 0.394 e. The zero-order valence-corrected chi connectivity index (χ0v) is 16.6. The first-order valence-corrected chi connectivity index (χ1v) is 10.3. The van der Waals surface area contributed by atoms with E-state index in [1.807, 2.05) is 10.8 Å². The van der Waals surface area contributed by atoms with E-state index in [4.69, 9.17) is 40.5 Å². The van der Waals surface area contributed by atoms with Crippen molar-refractivity contribution in [3.05, 3.63) is 33.2 Å². The van der Waals surface area contributed by atoms with E-state index in [9.17, 15) is 0 Å². The molecular formula is C12H22N8O4S3. The second-order valence-electron chi connectivity index (χ2n) is 4.41. The Bertz CT molecular complexity index is 707. The standard InChI is InChI=1S/2C6H10N4S.H2O4S/c2*7-6(8)10-2-1-5-9-3-4-11-5;1-5(2,3)4/h2*3-4H,1-2H2,(H4,7,8,10);(H2,1,2,3,4). The minimum atomic E-state index is -4.67. The zero-order chi connectivity index (χ0) is 20.7. The molecule has 0 aromatic carbocycles. The Kier molecular flexibility index (Phi) is 12.6. The quantitative estimate of drug-likeness (QED) is 0.188. The van der Waals surface area contributed by atoms with Crippen molar-refractivity contribution < 1.29 is 17.5 Å². The lowest BCUT2D eigenvalue weighted by Gasteiger charge is -1.91. The fourth-order valence-corrected chi connectivity index (χ4v) is 2.53. The van der Waals surface area contributed by atoms with Gasteiger partial charge in [0, 0.05) is 49.1 Å². The van der Waals surface area contributed by atoms with Gasteiger partial charge in [0.05, 0.1) is 10.0 Å². The molecule has 15 heteroatoms. The Labute approximate surface area is 164 Å². The smallest absolute Gasteiger partial charge is 0.370 e. The van der Waals surface area contributed by atoms with Gasteiger partial charge in [0.15, 0.2) is 11.9 Å². The summed E-state index contributed by atoms with van der Waals surface area (Å²) >= 11 is 3.23. The van der Waals surface area contributed by atoms with Crippen LogP contribution in [0.4, 0.5) is 0 Å². The molecule has 0 amide bonds. The summed E-state index contributed by atoms with van der Waals surface area (Å²) in [6.07, 6.45) is 5.18. The zero-order valence-electron chi connectivity index (χ0n) is 14.2. The van der Waals surface area contributed by atoms with Crippen LogP contribution < -0.4 is 22.9 Å². The molecule has 2 heterocycles. The first kappa shape index (κ1) is 24.7. The number of hydrogen-bond donors (Lipinski definition) is 6. The van der Waals surface area contributed by atoms with E-state index >= 15 is 0 Å². The summed E-state index contributed by atoms with van der Waals surface area (Å²) in [6, 6.07) is 0. The maximum atomic E-state index is 8.74. The molecule has 0 bridgehead atoms. The van der Waals surface area contributed by atoms with Gasteiger partial charge < -0.3 is 22.9 Å². The lowest BCUT2D eigenvalue weighted by atomic mass is 10.4. The first-order valence-electron chi connectivity index (χ1n) is 7.15. The first-order chi connectivity index (χ1) is 12.6. The normalized spacial score (nSPS) is 9.85. The van der Waals surface area contributed by atoms with Crippen LogP contribution in [-0.4, -0.2) is 52.5 Å². The summed E-state index contributed by atoms with van der Waals surface area (Å²) in [5.41, 5.74) is 20.6. The Morgan fingerprint density at radius 1 is 0.889 bits per heavy atom. The average molecular weight is 439 g/mol. The minimum absolute atomic E-state index is 0.140. The van der Waals surface area contributed by atoms with E-state index in [0.717, 1.165) is 22.9 Å². The van der Waals surface area contributed by atoms with Gasteiger partial charge in [-0.3, -0.25) is 19.1 Å². The molecule has 0 saturated heterocycles. The highest BCUT2D eigenvalue weighted by Gasteiger charge is 1.93. The third-order valence-electron chi connectivity index (χ3n) is 2.21. The van der Waals surface area contributed by atoms with Crippen LogP contribution >= 0.6 is 22.7 Å². The average Bonchev–Trinajstić information content (AvgIpc) is 3.19. The largest absolute Gasteiger partial charge is 0.394 e. The van der Waals surface area contributed by atoms with Gasteiger partial charge in [0.1, 0.15) is 0 Å². The molecule has 0 aliphatic rings. The van der Waals surface area contributed by atoms with Crippen LogP contribution in [-0.2, 0) is 23.2 Å². The fraction of sp³-hybridized carbons (Fsp3) is 0.333. The van der Waals surface area contributed by atoms with E-state index in [0.29, 0.717) is 13.1 Å². The Balaban J connectivity index is 0.000000405. The monoisotopic (exact) mass is 438 g/mol. The number of aromatic nitrogens is 2. The van der Waals surface area contributed by atoms with Crippen molar-refractivity contribution >= 4 is 45.0 Å². The van der Waals surface area contributed by atoms with Crippen molar-refractivity contribution in [3.63, 3.8) is 0 Å². The van der Waals surface area contributed by atoms with Gasteiger partial charge in [-0.2, -0.15) is 8.42 Å². The second-order valence-corrected chi connectivity index (χ2v) is 7.27. The SMILES string of the molecule is NC(N)=NCCc1nccs1.NC(N)=NCCc1nccs1.O=S(=O)(O)O.